The first-order valence-electron chi connectivity index (χ1n) is 6.28. The molecule has 0 spiro atoms. The summed E-state index contributed by atoms with van der Waals surface area (Å²) in [6, 6.07) is 9.06. The van der Waals surface area contributed by atoms with Crippen molar-refractivity contribution in [1.82, 2.24) is 10.6 Å². The molecule has 1 rings (SSSR count). The lowest BCUT2D eigenvalue weighted by Gasteiger charge is -2.14. The molecular weight excluding hydrogens is 228 g/mol. The van der Waals surface area contributed by atoms with Gasteiger partial charge in [-0.05, 0) is 18.9 Å². The van der Waals surface area contributed by atoms with E-state index in [9.17, 15) is 9.59 Å². The van der Waals surface area contributed by atoms with Gasteiger partial charge in [-0.25, -0.2) is 4.79 Å². The number of hydrogen-bond donors (Lipinski definition) is 2. The Morgan fingerprint density at radius 3 is 2.50 bits per heavy atom. The van der Waals surface area contributed by atoms with Crippen LogP contribution >= 0.6 is 0 Å². The molecule has 18 heavy (non-hydrogen) atoms. The zero-order valence-electron chi connectivity index (χ0n) is 10.9. The number of carbonyl (C=O) groups is 2. The van der Waals surface area contributed by atoms with Crippen molar-refractivity contribution in [3.8, 4) is 0 Å². The highest BCUT2D eigenvalue weighted by Gasteiger charge is 2.11. The maximum absolute atomic E-state index is 11.6. The van der Waals surface area contributed by atoms with E-state index in [4.69, 9.17) is 0 Å². The molecule has 0 fully saturated rings. The third-order valence-electron chi connectivity index (χ3n) is 2.66. The van der Waals surface area contributed by atoms with E-state index in [-0.39, 0.29) is 11.9 Å². The molecule has 0 heterocycles. The molecule has 1 aromatic rings. The van der Waals surface area contributed by atoms with Crippen molar-refractivity contribution >= 4 is 11.9 Å². The Morgan fingerprint density at radius 2 is 1.89 bits per heavy atom. The predicted molar refractivity (Wildman–Crippen MR) is 71.1 cm³/mol. The number of unbranched alkanes of at least 4 members (excludes halogenated alkanes) is 1. The molecule has 0 saturated heterocycles. The fourth-order valence-electron chi connectivity index (χ4n) is 1.58. The van der Waals surface area contributed by atoms with Crippen LogP contribution in [0.2, 0.25) is 0 Å². The Hall–Kier alpha value is -1.84. The van der Waals surface area contributed by atoms with Gasteiger partial charge in [0.05, 0.1) is 6.04 Å². The fourth-order valence-corrected chi connectivity index (χ4v) is 1.58. The van der Waals surface area contributed by atoms with Crippen molar-refractivity contribution in [2.75, 3.05) is 0 Å². The minimum atomic E-state index is -0.438. The molecule has 0 aromatic heterocycles. The third-order valence-corrected chi connectivity index (χ3v) is 2.66. The van der Waals surface area contributed by atoms with Gasteiger partial charge in [-0.2, -0.15) is 0 Å². The minimum Gasteiger partial charge on any atom is -0.331 e. The summed E-state index contributed by atoms with van der Waals surface area (Å²) >= 11 is 0. The van der Waals surface area contributed by atoms with Gasteiger partial charge in [0.15, 0.2) is 0 Å². The Labute approximate surface area is 108 Å². The summed E-state index contributed by atoms with van der Waals surface area (Å²) in [5.74, 6) is -0.227. The molecule has 4 nitrogen and oxygen atoms in total. The maximum Gasteiger partial charge on any atom is 0.321 e. The number of amides is 3. The monoisotopic (exact) mass is 248 g/mol. The number of nitrogens with one attached hydrogen (secondary N) is 2. The van der Waals surface area contributed by atoms with Crippen molar-refractivity contribution in [1.29, 1.82) is 0 Å². The molecule has 0 aliphatic carbocycles. The average Bonchev–Trinajstić information content (AvgIpc) is 2.37. The van der Waals surface area contributed by atoms with Crippen molar-refractivity contribution in [2.45, 2.75) is 39.2 Å². The van der Waals surface area contributed by atoms with Crippen LogP contribution in [-0.4, -0.2) is 11.9 Å². The Bertz CT molecular complexity index is 390. The molecule has 1 atom stereocenters. The summed E-state index contributed by atoms with van der Waals surface area (Å²) in [5.41, 5.74) is 1.01. The van der Waals surface area contributed by atoms with Gasteiger partial charge in [0, 0.05) is 6.42 Å². The summed E-state index contributed by atoms with van der Waals surface area (Å²) in [4.78, 5) is 22.9. The SMILES string of the molecule is CCCCC(=O)NC(=O)NC(C)c1ccccc1. The summed E-state index contributed by atoms with van der Waals surface area (Å²) in [5, 5.41) is 5.06. The lowest BCUT2D eigenvalue weighted by molar-refractivity contribution is -0.120. The van der Waals surface area contributed by atoms with E-state index in [2.05, 4.69) is 10.6 Å². The van der Waals surface area contributed by atoms with Crippen LogP contribution in [0.25, 0.3) is 0 Å². The first-order chi connectivity index (χ1) is 8.63. The summed E-state index contributed by atoms with van der Waals surface area (Å²) in [6.07, 6.45) is 2.13. The van der Waals surface area contributed by atoms with Crippen LogP contribution in [0, 0.1) is 0 Å². The fraction of sp³-hybridized carbons (Fsp3) is 0.429. The molecular formula is C14H20N2O2. The van der Waals surface area contributed by atoms with Gasteiger partial charge in [-0.15, -0.1) is 0 Å². The molecule has 0 aliphatic heterocycles. The largest absolute Gasteiger partial charge is 0.331 e. The quantitative estimate of drug-likeness (QED) is 0.841. The summed E-state index contributed by atoms with van der Waals surface area (Å²) in [7, 11) is 0. The van der Waals surface area contributed by atoms with Crippen molar-refractivity contribution in [3.05, 3.63) is 35.9 Å². The number of urea groups is 1. The molecule has 4 heteroatoms. The van der Waals surface area contributed by atoms with Gasteiger partial charge in [0.25, 0.3) is 0 Å². The molecule has 0 bridgehead atoms. The molecule has 0 radical (unpaired) electrons. The van der Waals surface area contributed by atoms with E-state index in [1.165, 1.54) is 0 Å². The van der Waals surface area contributed by atoms with Crippen LogP contribution in [-0.2, 0) is 4.79 Å². The average molecular weight is 248 g/mol. The van der Waals surface area contributed by atoms with Gasteiger partial charge >= 0.3 is 6.03 Å². The molecule has 2 N–H and O–H groups in total. The summed E-state index contributed by atoms with van der Waals surface area (Å²) in [6.45, 7) is 3.89. The van der Waals surface area contributed by atoms with Crippen LogP contribution < -0.4 is 10.6 Å². The van der Waals surface area contributed by atoms with Gasteiger partial charge in [0.1, 0.15) is 0 Å². The first-order valence-corrected chi connectivity index (χ1v) is 6.28. The van der Waals surface area contributed by atoms with Crippen molar-refractivity contribution < 1.29 is 9.59 Å². The van der Waals surface area contributed by atoms with E-state index in [0.29, 0.717) is 6.42 Å². The number of rotatable bonds is 5. The number of carbonyl (C=O) groups excluding carboxylic acids is 2. The second-order valence-electron chi connectivity index (χ2n) is 4.26. The Morgan fingerprint density at radius 1 is 1.22 bits per heavy atom. The van der Waals surface area contributed by atoms with Crippen molar-refractivity contribution in [2.24, 2.45) is 0 Å². The van der Waals surface area contributed by atoms with Crippen LogP contribution in [0.5, 0.6) is 0 Å². The van der Waals surface area contributed by atoms with Gasteiger partial charge in [-0.1, -0.05) is 43.7 Å². The number of imide groups is 1. The van der Waals surface area contributed by atoms with E-state index in [1.54, 1.807) is 0 Å². The molecule has 1 aromatic carbocycles. The van der Waals surface area contributed by atoms with Crippen LogP contribution in [0.15, 0.2) is 30.3 Å². The van der Waals surface area contributed by atoms with Crippen LogP contribution in [0.1, 0.15) is 44.7 Å². The highest BCUT2D eigenvalue weighted by Crippen LogP contribution is 2.10. The van der Waals surface area contributed by atoms with Gasteiger partial charge < -0.3 is 5.32 Å². The van der Waals surface area contributed by atoms with Crippen LogP contribution in [0.4, 0.5) is 4.79 Å². The maximum atomic E-state index is 11.6. The van der Waals surface area contributed by atoms with Crippen molar-refractivity contribution in [3.63, 3.8) is 0 Å². The summed E-state index contributed by atoms with van der Waals surface area (Å²) < 4.78 is 0. The highest BCUT2D eigenvalue weighted by atomic mass is 16.2. The van der Waals surface area contributed by atoms with Gasteiger partial charge in [-0.3, -0.25) is 10.1 Å². The van der Waals surface area contributed by atoms with Crippen LogP contribution in [0.3, 0.4) is 0 Å². The van der Waals surface area contributed by atoms with E-state index < -0.39 is 6.03 Å². The lowest BCUT2D eigenvalue weighted by atomic mass is 10.1. The van der Waals surface area contributed by atoms with E-state index in [0.717, 1.165) is 18.4 Å². The second-order valence-corrected chi connectivity index (χ2v) is 4.26. The topological polar surface area (TPSA) is 58.2 Å². The second kappa shape index (κ2) is 7.48. The Balaban J connectivity index is 2.38. The number of hydrogen-bond acceptors (Lipinski definition) is 2. The standard InChI is InChI=1S/C14H20N2O2/c1-3-4-10-13(17)16-14(18)15-11(2)12-8-6-5-7-9-12/h5-9,11H,3-4,10H2,1-2H3,(H2,15,16,17,18). The zero-order valence-corrected chi connectivity index (χ0v) is 10.9. The Kier molecular flexibility index (Phi) is 5.91. The third kappa shape index (κ3) is 4.99. The normalized spacial score (nSPS) is 11.7. The predicted octanol–water partition coefficient (Wildman–Crippen LogP) is 2.76. The lowest BCUT2D eigenvalue weighted by Crippen LogP contribution is -2.40. The molecule has 0 saturated carbocycles. The molecule has 98 valence electrons. The molecule has 1 unspecified atom stereocenters. The van der Waals surface area contributed by atoms with E-state index >= 15 is 0 Å². The minimum absolute atomic E-state index is 0.120. The van der Waals surface area contributed by atoms with E-state index in [1.807, 2.05) is 44.2 Å². The number of benzene rings is 1. The smallest absolute Gasteiger partial charge is 0.321 e. The zero-order chi connectivity index (χ0) is 13.4. The molecule has 3 amide bonds. The molecule has 0 aliphatic rings. The first kappa shape index (κ1) is 14.2. The highest BCUT2D eigenvalue weighted by molar-refractivity contribution is 5.94. The van der Waals surface area contributed by atoms with Gasteiger partial charge in [0.2, 0.25) is 5.91 Å².